The van der Waals surface area contributed by atoms with E-state index in [0.29, 0.717) is 25.4 Å². The maximum atomic E-state index is 12.0. The molecule has 1 unspecified atom stereocenters. The van der Waals surface area contributed by atoms with E-state index < -0.39 is 7.82 Å². The van der Waals surface area contributed by atoms with Gasteiger partial charge in [-0.05, 0) is 18.6 Å². The molecule has 0 heterocycles. The molecule has 0 spiro atoms. The third-order valence-corrected chi connectivity index (χ3v) is 4.72. The van der Waals surface area contributed by atoms with E-state index in [-0.39, 0.29) is 24.8 Å². The van der Waals surface area contributed by atoms with Gasteiger partial charge in [-0.1, -0.05) is 38.7 Å². The van der Waals surface area contributed by atoms with Gasteiger partial charge in [-0.3, -0.25) is 14.2 Å². The SMILES string of the molecule is CCCCCCCC(=O)NCCOP(=O)(O)Oc1cccc(OCCOC)c1. The largest absolute Gasteiger partial charge is 0.527 e. The van der Waals surface area contributed by atoms with Crippen LogP contribution in [0.15, 0.2) is 24.3 Å². The van der Waals surface area contributed by atoms with Crippen molar-refractivity contribution in [3.63, 3.8) is 0 Å². The zero-order chi connectivity index (χ0) is 20.7. The van der Waals surface area contributed by atoms with Crippen molar-refractivity contribution in [3.8, 4) is 11.5 Å². The van der Waals surface area contributed by atoms with Crippen LogP contribution in [-0.2, 0) is 18.6 Å². The highest BCUT2D eigenvalue weighted by Crippen LogP contribution is 2.44. The van der Waals surface area contributed by atoms with E-state index in [4.69, 9.17) is 18.5 Å². The lowest BCUT2D eigenvalue weighted by molar-refractivity contribution is -0.121. The molecule has 1 aromatic rings. The Morgan fingerprint density at radius 3 is 2.61 bits per heavy atom. The summed E-state index contributed by atoms with van der Waals surface area (Å²) in [6, 6.07) is 6.35. The number of phosphoric ester groups is 1. The molecule has 2 N–H and O–H groups in total. The first-order valence-electron chi connectivity index (χ1n) is 9.62. The molecule has 9 heteroatoms. The number of benzene rings is 1. The Kier molecular flexibility index (Phi) is 12.6. The standard InChI is InChI=1S/C19H32NO7P/c1-3-4-5-6-7-11-19(21)20-12-13-26-28(22,23)27-18-10-8-9-17(16-18)25-15-14-24-2/h8-10,16H,3-7,11-15H2,1-2H3,(H,20,21)(H,22,23). The fourth-order valence-electron chi connectivity index (χ4n) is 2.35. The molecule has 0 aliphatic rings. The lowest BCUT2D eigenvalue weighted by Crippen LogP contribution is -2.26. The molecule has 160 valence electrons. The van der Waals surface area contributed by atoms with Gasteiger partial charge in [0.15, 0.2) is 0 Å². The van der Waals surface area contributed by atoms with Gasteiger partial charge in [0.2, 0.25) is 5.91 Å². The van der Waals surface area contributed by atoms with Gasteiger partial charge in [-0.15, -0.1) is 0 Å². The van der Waals surface area contributed by atoms with E-state index in [1.165, 1.54) is 18.6 Å². The van der Waals surface area contributed by atoms with Crippen molar-refractivity contribution in [1.82, 2.24) is 5.32 Å². The fraction of sp³-hybridized carbons (Fsp3) is 0.632. The highest BCUT2D eigenvalue weighted by Gasteiger charge is 2.23. The molecule has 0 fully saturated rings. The molecule has 1 rings (SSSR count). The Morgan fingerprint density at radius 1 is 1.11 bits per heavy atom. The molecule has 1 atom stereocenters. The lowest BCUT2D eigenvalue weighted by atomic mass is 10.1. The zero-order valence-electron chi connectivity index (χ0n) is 16.7. The molecule has 28 heavy (non-hydrogen) atoms. The van der Waals surface area contributed by atoms with Gasteiger partial charge in [-0.25, -0.2) is 4.57 Å². The van der Waals surface area contributed by atoms with Crippen LogP contribution >= 0.6 is 7.82 Å². The quantitative estimate of drug-likeness (QED) is 0.312. The average molecular weight is 417 g/mol. The predicted molar refractivity (Wildman–Crippen MR) is 107 cm³/mol. The van der Waals surface area contributed by atoms with Crippen LogP contribution in [0.4, 0.5) is 0 Å². The molecule has 0 bridgehead atoms. The second kappa shape index (κ2) is 14.4. The van der Waals surface area contributed by atoms with Crippen LogP contribution in [0.1, 0.15) is 45.4 Å². The van der Waals surface area contributed by atoms with Crippen LogP contribution in [0.25, 0.3) is 0 Å². The van der Waals surface area contributed by atoms with Gasteiger partial charge in [0, 0.05) is 26.1 Å². The summed E-state index contributed by atoms with van der Waals surface area (Å²) in [6.45, 7) is 2.94. The van der Waals surface area contributed by atoms with E-state index in [1.807, 2.05) is 0 Å². The number of hydrogen-bond donors (Lipinski definition) is 2. The van der Waals surface area contributed by atoms with E-state index >= 15 is 0 Å². The third kappa shape index (κ3) is 12.0. The number of hydrogen-bond acceptors (Lipinski definition) is 6. The molecule has 8 nitrogen and oxygen atoms in total. The number of nitrogens with one attached hydrogen (secondary N) is 1. The number of carbonyl (C=O) groups excluding carboxylic acids is 1. The van der Waals surface area contributed by atoms with E-state index in [0.717, 1.165) is 25.7 Å². The van der Waals surface area contributed by atoms with E-state index in [1.54, 1.807) is 19.2 Å². The lowest BCUT2D eigenvalue weighted by Gasteiger charge is -2.14. The van der Waals surface area contributed by atoms with E-state index in [2.05, 4.69) is 12.2 Å². The van der Waals surface area contributed by atoms with Crippen molar-refractivity contribution < 1.29 is 32.8 Å². The van der Waals surface area contributed by atoms with Crippen LogP contribution in [0.5, 0.6) is 11.5 Å². The molecule has 0 aliphatic heterocycles. The Balaban J connectivity index is 2.26. The molecule has 0 aliphatic carbocycles. The van der Waals surface area contributed by atoms with Gasteiger partial charge in [0.05, 0.1) is 13.2 Å². The van der Waals surface area contributed by atoms with Crippen molar-refractivity contribution >= 4 is 13.7 Å². The molecule has 0 saturated carbocycles. The second-order valence-electron chi connectivity index (χ2n) is 6.22. The topological polar surface area (TPSA) is 103 Å². The summed E-state index contributed by atoms with van der Waals surface area (Å²) in [5.41, 5.74) is 0. The minimum atomic E-state index is -4.29. The van der Waals surface area contributed by atoms with Crippen molar-refractivity contribution in [3.05, 3.63) is 24.3 Å². The summed E-state index contributed by atoms with van der Waals surface area (Å²) in [5, 5.41) is 2.66. The summed E-state index contributed by atoms with van der Waals surface area (Å²) in [6.07, 6.45) is 5.81. The first-order chi connectivity index (χ1) is 13.5. The summed E-state index contributed by atoms with van der Waals surface area (Å²) in [4.78, 5) is 21.5. The molecule has 0 radical (unpaired) electrons. The summed E-state index contributed by atoms with van der Waals surface area (Å²) in [7, 11) is -2.72. The summed E-state index contributed by atoms with van der Waals surface area (Å²) < 4.78 is 32.2. The van der Waals surface area contributed by atoms with Crippen LogP contribution in [0.3, 0.4) is 0 Å². The van der Waals surface area contributed by atoms with Crippen molar-refractivity contribution in [2.24, 2.45) is 0 Å². The zero-order valence-corrected chi connectivity index (χ0v) is 17.6. The van der Waals surface area contributed by atoms with Gasteiger partial charge >= 0.3 is 7.82 Å². The first-order valence-corrected chi connectivity index (χ1v) is 11.1. The Hall–Kier alpha value is -1.60. The van der Waals surface area contributed by atoms with E-state index in [9.17, 15) is 14.3 Å². The number of amides is 1. The number of unbranched alkanes of at least 4 members (excludes halogenated alkanes) is 4. The first kappa shape index (κ1) is 24.4. The fourth-order valence-corrected chi connectivity index (χ4v) is 3.11. The van der Waals surface area contributed by atoms with Crippen LogP contribution in [0, 0.1) is 0 Å². The number of phosphoric acid groups is 1. The monoisotopic (exact) mass is 417 g/mol. The molecular weight excluding hydrogens is 385 g/mol. The highest BCUT2D eigenvalue weighted by molar-refractivity contribution is 7.47. The molecule has 1 amide bonds. The molecule has 0 saturated heterocycles. The van der Waals surface area contributed by atoms with Crippen LogP contribution in [-0.4, -0.2) is 44.3 Å². The normalized spacial score (nSPS) is 13.0. The third-order valence-electron chi connectivity index (χ3n) is 3.77. The maximum absolute atomic E-state index is 12.0. The smallest absolute Gasteiger partial charge is 0.491 e. The Labute approximate surface area is 167 Å². The van der Waals surface area contributed by atoms with Crippen molar-refractivity contribution in [1.29, 1.82) is 0 Å². The highest BCUT2D eigenvalue weighted by atomic mass is 31.2. The minimum Gasteiger partial charge on any atom is -0.491 e. The maximum Gasteiger partial charge on any atom is 0.527 e. The summed E-state index contributed by atoms with van der Waals surface area (Å²) in [5.74, 6) is 0.548. The molecule has 0 aromatic heterocycles. The molecule has 1 aromatic carbocycles. The predicted octanol–water partition coefficient (Wildman–Crippen LogP) is 3.68. The summed E-state index contributed by atoms with van der Waals surface area (Å²) >= 11 is 0. The average Bonchev–Trinajstić information content (AvgIpc) is 2.65. The van der Waals surface area contributed by atoms with Gasteiger partial charge in [0.25, 0.3) is 0 Å². The van der Waals surface area contributed by atoms with Gasteiger partial charge in [0.1, 0.15) is 18.1 Å². The number of methoxy groups -OCH3 is 1. The van der Waals surface area contributed by atoms with Gasteiger partial charge < -0.3 is 19.3 Å². The minimum absolute atomic E-state index is 0.0882. The number of ether oxygens (including phenoxy) is 2. The number of carbonyl (C=O) groups is 1. The molecular formula is C19H32NO7P. The Bertz CT molecular complexity index is 612. The number of rotatable bonds is 16. The van der Waals surface area contributed by atoms with Gasteiger partial charge in [-0.2, -0.15) is 0 Å². The van der Waals surface area contributed by atoms with Crippen LogP contribution in [0.2, 0.25) is 0 Å². The van der Waals surface area contributed by atoms with Crippen molar-refractivity contribution in [2.45, 2.75) is 45.4 Å². The Morgan fingerprint density at radius 2 is 1.86 bits per heavy atom. The van der Waals surface area contributed by atoms with Crippen molar-refractivity contribution in [2.75, 3.05) is 33.5 Å². The van der Waals surface area contributed by atoms with Crippen LogP contribution < -0.4 is 14.6 Å². The second-order valence-corrected chi connectivity index (χ2v) is 7.60.